The fourth-order valence-electron chi connectivity index (χ4n) is 2.26. The van der Waals surface area contributed by atoms with Gasteiger partial charge in [-0.3, -0.25) is 4.79 Å². The number of thioether (sulfide) groups is 1. The van der Waals surface area contributed by atoms with E-state index < -0.39 is 5.97 Å². The Labute approximate surface area is 159 Å². The third kappa shape index (κ3) is 4.62. The number of aryl methyl sites for hydroxylation is 2. The van der Waals surface area contributed by atoms with Gasteiger partial charge in [0.25, 0.3) is 0 Å². The van der Waals surface area contributed by atoms with E-state index in [1.165, 1.54) is 23.1 Å². The Balaban J connectivity index is 1.62. The summed E-state index contributed by atoms with van der Waals surface area (Å²) in [6.45, 7) is 3.50. The molecule has 5 nitrogen and oxygen atoms in total. The Morgan fingerprint density at radius 3 is 2.69 bits per heavy atom. The van der Waals surface area contributed by atoms with Crippen LogP contribution in [0.2, 0.25) is 0 Å². The van der Waals surface area contributed by atoms with E-state index in [1.807, 2.05) is 38.1 Å². The van der Waals surface area contributed by atoms with Crippen molar-refractivity contribution in [2.75, 3.05) is 6.61 Å². The van der Waals surface area contributed by atoms with Gasteiger partial charge in [0.05, 0.1) is 16.1 Å². The summed E-state index contributed by atoms with van der Waals surface area (Å²) in [5.41, 5.74) is 1.24. The predicted octanol–water partition coefficient (Wildman–Crippen LogP) is 4.68. The minimum absolute atomic E-state index is 0.195. The molecule has 3 aromatic rings. The Morgan fingerprint density at radius 2 is 2.00 bits per heavy atom. The lowest BCUT2D eigenvalue weighted by Crippen LogP contribution is -2.14. The molecular formula is C19H17NO4S2. The van der Waals surface area contributed by atoms with Crippen LogP contribution in [0.5, 0.6) is 0 Å². The standard InChI is InChI=1S/C19H17NO4S2/c1-12-9-14(20-24-12)11-25-17-6-4-3-5-15(17)19(22)23-10-16(21)18-8-7-13(2)26-18/h3-9H,10-11H2,1-2H3. The minimum atomic E-state index is -0.508. The summed E-state index contributed by atoms with van der Waals surface area (Å²) in [7, 11) is 0. The van der Waals surface area contributed by atoms with Crippen molar-refractivity contribution < 1.29 is 18.8 Å². The molecule has 0 aliphatic heterocycles. The molecule has 7 heteroatoms. The highest BCUT2D eigenvalue weighted by molar-refractivity contribution is 7.98. The molecule has 0 saturated carbocycles. The fraction of sp³-hybridized carbons (Fsp3) is 0.211. The first-order chi connectivity index (χ1) is 12.5. The molecule has 26 heavy (non-hydrogen) atoms. The molecular weight excluding hydrogens is 370 g/mol. The maximum Gasteiger partial charge on any atom is 0.339 e. The SMILES string of the molecule is Cc1cc(CSc2ccccc2C(=O)OCC(=O)c2ccc(C)s2)no1. The van der Waals surface area contributed by atoms with E-state index in [2.05, 4.69) is 5.16 Å². The first-order valence-corrected chi connectivity index (χ1v) is 9.74. The van der Waals surface area contributed by atoms with Gasteiger partial charge < -0.3 is 9.26 Å². The summed E-state index contributed by atoms with van der Waals surface area (Å²) >= 11 is 2.86. The van der Waals surface area contributed by atoms with E-state index in [1.54, 1.807) is 18.2 Å². The number of Topliss-reactive ketones (excluding diaryl/α,β-unsaturated/α-hetero) is 1. The van der Waals surface area contributed by atoms with Gasteiger partial charge in [0.15, 0.2) is 6.61 Å². The zero-order valence-corrected chi connectivity index (χ0v) is 16.0. The second-order valence-electron chi connectivity index (χ2n) is 5.62. The van der Waals surface area contributed by atoms with Crippen molar-refractivity contribution in [1.82, 2.24) is 5.16 Å². The fourth-order valence-corrected chi connectivity index (χ4v) is 3.98. The van der Waals surface area contributed by atoms with Gasteiger partial charge in [-0.1, -0.05) is 17.3 Å². The summed E-state index contributed by atoms with van der Waals surface area (Å²) in [6.07, 6.45) is 0. The average molecular weight is 387 g/mol. The normalized spacial score (nSPS) is 10.7. The van der Waals surface area contributed by atoms with Crippen molar-refractivity contribution in [3.05, 3.63) is 69.2 Å². The van der Waals surface area contributed by atoms with Crippen molar-refractivity contribution in [3.63, 3.8) is 0 Å². The number of hydrogen-bond acceptors (Lipinski definition) is 7. The summed E-state index contributed by atoms with van der Waals surface area (Å²) in [5, 5.41) is 3.94. The largest absolute Gasteiger partial charge is 0.454 e. The van der Waals surface area contributed by atoms with Gasteiger partial charge in [-0.2, -0.15) is 0 Å². The Bertz CT molecular complexity index is 929. The number of carbonyl (C=O) groups is 2. The van der Waals surface area contributed by atoms with Crippen molar-refractivity contribution in [3.8, 4) is 0 Å². The summed E-state index contributed by atoms with van der Waals surface area (Å²) in [5.74, 6) is 0.621. The molecule has 2 heterocycles. The van der Waals surface area contributed by atoms with Crippen molar-refractivity contribution in [2.24, 2.45) is 0 Å². The minimum Gasteiger partial charge on any atom is -0.454 e. The topological polar surface area (TPSA) is 69.4 Å². The highest BCUT2D eigenvalue weighted by atomic mass is 32.2. The molecule has 0 aliphatic carbocycles. The molecule has 0 unspecified atom stereocenters. The van der Waals surface area contributed by atoms with Crippen LogP contribution >= 0.6 is 23.1 Å². The number of nitrogens with zero attached hydrogens (tertiary/aromatic N) is 1. The molecule has 3 rings (SSSR count). The number of benzene rings is 1. The number of aromatic nitrogens is 1. The summed E-state index contributed by atoms with van der Waals surface area (Å²) < 4.78 is 10.3. The smallest absolute Gasteiger partial charge is 0.339 e. The molecule has 0 spiro atoms. The van der Waals surface area contributed by atoms with Crippen LogP contribution in [0.1, 0.15) is 36.4 Å². The van der Waals surface area contributed by atoms with E-state index in [0.29, 0.717) is 16.2 Å². The van der Waals surface area contributed by atoms with E-state index in [9.17, 15) is 9.59 Å². The molecule has 0 radical (unpaired) electrons. The van der Waals surface area contributed by atoms with Crippen molar-refractivity contribution in [1.29, 1.82) is 0 Å². The Morgan fingerprint density at radius 1 is 1.19 bits per heavy atom. The number of ether oxygens (including phenoxy) is 1. The van der Waals surface area contributed by atoms with Gasteiger partial charge in [-0.15, -0.1) is 23.1 Å². The maximum atomic E-state index is 12.4. The van der Waals surface area contributed by atoms with Gasteiger partial charge >= 0.3 is 5.97 Å². The van der Waals surface area contributed by atoms with Crippen molar-refractivity contribution in [2.45, 2.75) is 24.5 Å². The third-order valence-corrected chi connectivity index (χ3v) is 5.66. The maximum absolute atomic E-state index is 12.4. The van der Waals surface area contributed by atoms with Gasteiger partial charge in [-0.05, 0) is 38.1 Å². The summed E-state index contributed by atoms with van der Waals surface area (Å²) in [6, 6.07) is 12.6. The molecule has 2 aromatic heterocycles. The van der Waals surface area contributed by atoms with Gasteiger partial charge in [0.2, 0.25) is 5.78 Å². The zero-order valence-electron chi connectivity index (χ0n) is 14.4. The lowest BCUT2D eigenvalue weighted by Gasteiger charge is -2.08. The van der Waals surface area contributed by atoms with Gasteiger partial charge in [-0.25, -0.2) is 4.79 Å². The molecule has 0 aliphatic rings. The first kappa shape index (κ1) is 18.4. The van der Waals surface area contributed by atoms with Gasteiger partial charge in [0.1, 0.15) is 5.76 Å². The van der Waals surface area contributed by atoms with Crippen LogP contribution in [0.4, 0.5) is 0 Å². The van der Waals surface area contributed by atoms with Crippen LogP contribution in [0.25, 0.3) is 0 Å². The van der Waals surface area contributed by atoms with Crippen LogP contribution in [0.15, 0.2) is 51.9 Å². The molecule has 0 amide bonds. The Kier molecular flexibility index (Phi) is 5.90. The molecule has 0 N–H and O–H groups in total. The lowest BCUT2D eigenvalue weighted by molar-refractivity contribution is 0.0472. The van der Waals surface area contributed by atoms with Crippen LogP contribution in [0.3, 0.4) is 0 Å². The number of hydrogen-bond donors (Lipinski definition) is 0. The summed E-state index contributed by atoms with van der Waals surface area (Å²) in [4.78, 5) is 26.9. The quantitative estimate of drug-likeness (QED) is 0.333. The number of esters is 1. The number of ketones is 1. The van der Waals surface area contributed by atoms with E-state index in [-0.39, 0.29) is 12.4 Å². The Hall–Kier alpha value is -2.38. The monoisotopic (exact) mass is 387 g/mol. The second kappa shape index (κ2) is 8.33. The van der Waals surface area contributed by atoms with Crippen molar-refractivity contribution >= 4 is 34.9 Å². The highest BCUT2D eigenvalue weighted by Crippen LogP contribution is 2.27. The molecule has 0 saturated heterocycles. The van der Waals surface area contributed by atoms with Crippen LogP contribution in [0, 0.1) is 13.8 Å². The number of carbonyl (C=O) groups excluding carboxylic acids is 2. The van der Waals surface area contributed by atoms with Crippen LogP contribution < -0.4 is 0 Å². The van der Waals surface area contributed by atoms with E-state index >= 15 is 0 Å². The first-order valence-electron chi connectivity index (χ1n) is 7.93. The van der Waals surface area contributed by atoms with E-state index in [0.717, 1.165) is 21.2 Å². The lowest BCUT2D eigenvalue weighted by atomic mass is 10.2. The van der Waals surface area contributed by atoms with Crippen LogP contribution in [-0.2, 0) is 10.5 Å². The molecule has 0 bridgehead atoms. The average Bonchev–Trinajstić information content (AvgIpc) is 3.26. The van der Waals surface area contributed by atoms with Gasteiger partial charge in [0, 0.05) is 21.6 Å². The zero-order chi connectivity index (χ0) is 18.5. The molecule has 0 atom stereocenters. The predicted molar refractivity (Wildman–Crippen MR) is 101 cm³/mol. The molecule has 1 aromatic carbocycles. The molecule has 0 fully saturated rings. The highest BCUT2D eigenvalue weighted by Gasteiger charge is 2.16. The van der Waals surface area contributed by atoms with E-state index in [4.69, 9.17) is 9.26 Å². The van der Waals surface area contributed by atoms with Crippen LogP contribution in [-0.4, -0.2) is 23.5 Å². The second-order valence-corrected chi connectivity index (χ2v) is 7.93. The number of rotatable bonds is 7. The number of thiophene rings is 1. The molecule has 134 valence electrons. The third-order valence-electron chi connectivity index (χ3n) is 3.51.